The van der Waals surface area contributed by atoms with E-state index >= 15 is 0 Å². The van der Waals surface area contributed by atoms with Crippen molar-refractivity contribution in [3.63, 3.8) is 0 Å². The number of hydrogen-bond acceptors (Lipinski definition) is 4. The first-order chi connectivity index (χ1) is 10.4. The third-order valence-corrected chi connectivity index (χ3v) is 4.63. The predicted molar refractivity (Wildman–Crippen MR) is 85.7 cm³/mol. The molecular formula is C17H26N2O3. The van der Waals surface area contributed by atoms with Gasteiger partial charge in [-0.15, -0.1) is 0 Å². The van der Waals surface area contributed by atoms with Gasteiger partial charge in [0.05, 0.1) is 12.6 Å². The maximum absolute atomic E-state index is 12.4. The van der Waals surface area contributed by atoms with Gasteiger partial charge in [-0.1, -0.05) is 32.0 Å². The maximum Gasteiger partial charge on any atom is 0.240 e. The fraction of sp³-hybridized carbons (Fsp3) is 0.588. The Balaban J connectivity index is 1.78. The number of hydrogen-bond donors (Lipinski definition) is 2. The van der Waals surface area contributed by atoms with Gasteiger partial charge in [0.2, 0.25) is 5.91 Å². The standard InChI is InChI=1S/C17H26N2O3/c1-4-21-14-12-17(18,16(14,2)3)15(20)19-10-11-22-13-8-6-5-7-9-13/h5-9,14H,4,10-12,18H2,1-3H3,(H,19,20). The van der Waals surface area contributed by atoms with Crippen molar-refractivity contribution in [3.8, 4) is 5.75 Å². The average Bonchev–Trinajstić information content (AvgIpc) is 2.52. The van der Waals surface area contributed by atoms with E-state index in [0.29, 0.717) is 26.2 Å². The number of rotatable bonds is 7. The van der Waals surface area contributed by atoms with Crippen molar-refractivity contribution in [2.24, 2.45) is 11.1 Å². The molecule has 2 unspecified atom stereocenters. The van der Waals surface area contributed by atoms with Crippen molar-refractivity contribution in [1.82, 2.24) is 5.32 Å². The number of para-hydroxylation sites is 1. The summed E-state index contributed by atoms with van der Waals surface area (Å²) in [5.74, 6) is 0.657. The number of benzene rings is 1. The zero-order valence-corrected chi connectivity index (χ0v) is 13.6. The summed E-state index contributed by atoms with van der Waals surface area (Å²) in [6.07, 6.45) is 0.591. The van der Waals surface area contributed by atoms with Crippen LogP contribution < -0.4 is 15.8 Å². The Labute approximate surface area is 132 Å². The van der Waals surface area contributed by atoms with Crippen molar-refractivity contribution in [2.45, 2.75) is 38.8 Å². The molecule has 2 rings (SSSR count). The normalized spacial score (nSPS) is 26.1. The highest BCUT2D eigenvalue weighted by Crippen LogP contribution is 2.49. The van der Waals surface area contributed by atoms with E-state index in [-0.39, 0.29) is 17.4 Å². The molecular weight excluding hydrogens is 280 g/mol. The van der Waals surface area contributed by atoms with E-state index in [0.717, 1.165) is 5.75 Å². The Hall–Kier alpha value is -1.59. The van der Waals surface area contributed by atoms with Gasteiger partial charge >= 0.3 is 0 Å². The monoisotopic (exact) mass is 306 g/mol. The van der Waals surface area contributed by atoms with E-state index in [9.17, 15) is 4.79 Å². The molecule has 0 saturated heterocycles. The highest BCUT2D eigenvalue weighted by atomic mass is 16.5. The van der Waals surface area contributed by atoms with Crippen LogP contribution >= 0.6 is 0 Å². The Morgan fingerprint density at radius 1 is 1.36 bits per heavy atom. The topological polar surface area (TPSA) is 73.6 Å². The molecule has 0 aromatic heterocycles. The van der Waals surface area contributed by atoms with Crippen LogP contribution in [0.4, 0.5) is 0 Å². The Morgan fingerprint density at radius 3 is 2.64 bits per heavy atom. The summed E-state index contributed by atoms with van der Waals surface area (Å²) in [6.45, 7) is 7.40. The zero-order valence-electron chi connectivity index (χ0n) is 13.6. The first-order valence-electron chi connectivity index (χ1n) is 7.78. The second-order valence-electron chi connectivity index (χ2n) is 6.26. The molecule has 1 saturated carbocycles. The summed E-state index contributed by atoms with van der Waals surface area (Å²) in [4.78, 5) is 12.4. The molecule has 22 heavy (non-hydrogen) atoms. The summed E-state index contributed by atoms with van der Waals surface area (Å²) >= 11 is 0. The van der Waals surface area contributed by atoms with Crippen molar-refractivity contribution in [1.29, 1.82) is 0 Å². The molecule has 0 spiro atoms. The van der Waals surface area contributed by atoms with Crippen LogP contribution in [0, 0.1) is 5.41 Å². The van der Waals surface area contributed by atoms with Gasteiger partial charge in [0.15, 0.2) is 0 Å². The van der Waals surface area contributed by atoms with E-state index in [2.05, 4.69) is 5.32 Å². The lowest BCUT2D eigenvalue weighted by Gasteiger charge is -2.57. The van der Waals surface area contributed by atoms with Crippen LogP contribution in [0.5, 0.6) is 5.75 Å². The summed E-state index contributed by atoms with van der Waals surface area (Å²) < 4.78 is 11.2. The molecule has 3 N–H and O–H groups in total. The Morgan fingerprint density at radius 2 is 2.05 bits per heavy atom. The molecule has 0 heterocycles. The number of carbonyl (C=O) groups is 1. The van der Waals surface area contributed by atoms with Gasteiger partial charge in [-0.3, -0.25) is 4.79 Å². The van der Waals surface area contributed by atoms with Crippen LogP contribution in [-0.4, -0.2) is 37.3 Å². The highest BCUT2D eigenvalue weighted by molar-refractivity contribution is 5.88. The summed E-state index contributed by atoms with van der Waals surface area (Å²) in [5.41, 5.74) is 5.06. The highest BCUT2D eigenvalue weighted by Gasteiger charge is 2.62. The maximum atomic E-state index is 12.4. The first kappa shape index (κ1) is 16.8. The molecule has 1 aliphatic rings. The summed E-state index contributed by atoms with van der Waals surface area (Å²) in [7, 11) is 0. The minimum Gasteiger partial charge on any atom is -0.492 e. The third-order valence-electron chi connectivity index (χ3n) is 4.63. The van der Waals surface area contributed by atoms with Gasteiger partial charge in [-0.25, -0.2) is 0 Å². The SMILES string of the molecule is CCOC1CC(N)(C(=O)NCCOc2ccccc2)C1(C)C. The number of nitrogens with two attached hydrogens (primary N) is 1. The van der Waals surface area contributed by atoms with Gasteiger partial charge < -0.3 is 20.5 Å². The van der Waals surface area contributed by atoms with Crippen LogP contribution in [0.15, 0.2) is 30.3 Å². The molecule has 122 valence electrons. The van der Waals surface area contributed by atoms with Gasteiger partial charge in [0.25, 0.3) is 0 Å². The lowest BCUT2D eigenvalue weighted by Crippen LogP contribution is -2.75. The van der Waals surface area contributed by atoms with Gasteiger partial charge in [-0.05, 0) is 19.1 Å². The molecule has 5 nitrogen and oxygen atoms in total. The second kappa shape index (κ2) is 6.67. The number of amides is 1. The number of carbonyl (C=O) groups excluding carboxylic acids is 1. The number of ether oxygens (including phenoxy) is 2. The third kappa shape index (κ3) is 3.10. The van der Waals surface area contributed by atoms with Crippen LogP contribution in [0.25, 0.3) is 0 Å². The van der Waals surface area contributed by atoms with Crippen LogP contribution in [-0.2, 0) is 9.53 Å². The lowest BCUT2D eigenvalue weighted by molar-refractivity contribution is -0.170. The van der Waals surface area contributed by atoms with Crippen molar-refractivity contribution < 1.29 is 14.3 Å². The smallest absolute Gasteiger partial charge is 0.240 e. The van der Waals surface area contributed by atoms with Crippen molar-refractivity contribution in [3.05, 3.63) is 30.3 Å². The van der Waals surface area contributed by atoms with E-state index in [1.807, 2.05) is 51.1 Å². The molecule has 0 radical (unpaired) electrons. The molecule has 1 aliphatic carbocycles. The van der Waals surface area contributed by atoms with Crippen molar-refractivity contribution in [2.75, 3.05) is 19.8 Å². The minimum atomic E-state index is -0.875. The molecule has 0 aliphatic heterocycles. The van der Waals surface area contributed by atoms with Gasteiger partial charge in [0.1, 0.15) is 17.9 Å². The van der Waals surface area contributed by atoms with Gasteiger partial charge in [0, 0.05) is 18.4 Å². The average molecular weight is 306 g/mol. The van der Waals surface area contributed by atoms with E-state index in [4.69, 9.17) is 15.2 Å². The Kier molecular flexibility index (Phi) is 5.08. The largest absolute Gasteiger partial charge is 0.492 e. The number of nitrogens with one attached hydrogen (secondary N) is 1. The molecule has 2 atom stereocenters. The minimum absolute atomic E-state index is 0.0359. The summed E-state index contributed by atoms with van der Waals surface area (Å²) in [5, 5.41) is 2.87. The van der Waals surface area contributed by atoms with Crippen molar-refractivity contribution >= 4 is 5.91 Å². The zero-order chi connectivity index (χ0) is 16.2. The quantitative estimate of drug-likeness (QED) is 0.752. The summed E-state index contributed by atoms with van der Waals surface area (Å²) in [6, 6.07) is 9.52. The van der Waals surface area contributed by atoms with Crippen LogP contribution in [0.1, 0.15) is 27.2 Å². The molecule has 1 fully saturated rings. The molecule has 1 aromatic rings. The van der Waals surface area contributed by atoms with E-state index in [1.54, 1.807) is 0 Å². The fourth-order valence-electron chi connectivity index (χ4n) is 2.83. The molecule has 1 amide bonds. The van der Waals surface area contributed by atoms with E-state index in [1.165, 1.54) is 0 Å². The first-order valence-corrected chi connectivity index (χ1v) is 7.78. The van der Waals surface area contributed by atoms with Crippen LogP contribution in [0.2, 0.25) is 0 Å². The molecule has 5 heteroatoms. The second-order valence-corrected chi connectivity index (χ2v) is 6.26. The van der Waals surface area contributed by atoms with Crippen LogP contribution in [0.3, 0.4) is 0 Å². The molecule has 0 bridgehead atoms. The molecule has 1 aromatic carbocycles. The van der Waals surface area contributed by atoms with E-state index < -0.39 is 5.54 Å². The fourth-order valence-corrected chi connectivity index (χ4v) is 2.83. The predicted octanol–water partition coefficient (Wildman–Crippen LogP) is 1.71. The lowest BCUT2D eigenvalue weighted by atomic mass is 9.54. The van der Waals surface area contributed by atoms with Gasteiger partial charge in [-0.2, -0.15) is 0 Å². The Bertz CT molecular complexity index is 504.